The third-order valence-electron chi connectivity index (χ3n) is 2.37. The van der Waals surface area contributed by atoms with Gasteiger partial charge in [0.05, 0.1) is 6.20 Å². The number of halogens is 1. The lowest BCUT2D eigenvalue weighted by atomic mass is 10.2. The van der Waals surface area contributed by atoms with Crippen molar-refractivity contribution >= 4 is 35.0 Å². The summed E-state index contributed by atoms with van der Waals surface area (Å²) in [5.41, 5.74) is -0.702. The number of amides is 1. The number of carboxylic acid groups (broad SMARTS) is 1. The maximum atomic E-state index is 12.3. The topological polar surface area (TPSA) is 79.7 Å². The van der Waals surface area contributed by atoms with E-state index in [4.69, 9.17) is 16.3 Å². The zero-order valence-corrected chi connectivity index (χ0v) is 14.0. The van der Waals surface area contributed by atoms with Gasteiger partial charge in [0.1, 0.15) is 14.9 Å². The molecule has 1 unspecified atom stereocenters. The Hall–Kier alpha value is -1.34. The fourth-order valence-corrected chi connectivity index (χ4v) is 2.69. The molecule has 1 atom stereocenters. The number of aliphatic carboxylic acids is 1. The zero-order valence-electron chi connectivity index (χ0n) is 12.4. The molecule has 0 radical (unpaired) electrons. The van der Waals surface area contributed by atoms with Crippen LogP contribution in [-0.2, 0) is 9.53 Å². The van der Waals surface area contributed by atoms with Crippen molar-refractivity contribution in [3.63, 3.8) is 0 Å². The quantitative estimate of drug-likeness (QED) is 0.890. The molecule has 0 saturated carbocycles. The fraction of sp³-hybridized carbons (Fsp3) is 0.615. The van der Waals surface area contributed by atoms with Gasteiger partial charge in [-0.2, -0.15) is 0 Å². The first-order chi connectivity index (χ1) is 9.65. The first kappa shape index (κ1) is 17.7. The summed E-state index contributed by atoms with van der Waals surface area (Å²) in [5, 5.41) is 9.71. The molecule has 1 heterocycles. The van der Waals surface area contributed by atoms with Gasteiger partial charge in [0.25, 0.3) is 0 Å². The third kappa shape index (κ3) is 5.17. The maximum Gasteiger partial charge on any atom is 0.411 e. The average molecular weight is 335 g/mol. The van der Waals surface area contributed by atoms with E-state index in [9.17, 15) is 14.7 Å². The van der Waals surface area contributed by atoms with Crippen LogP contribution in [-0.4, -0.2) is 39.2 Å². The Labute approximate surface area is 132 Å². The molecule has 1 N–H and O–H groups in total. The number of nitrogens with zero attached hydrogens (tertiary/aromatic N) is 2. The minimum atomic E-state index is -1.20. The SMILES string of the molecule is CCCN(C(=O)OC(C)(C)C)C(C(=O)O)c1ncc(Cl)s1. The molecule has 0 aromatic carbocycles. The molecule has 118 valence electrons. The van der Waals surface area contributed by atoms with Gasteiger partial charge < -0.3 is 9.84 Å². The van der Waals surface area contributed by atoms with Crippen LogP contribution in [0.4, 0.5) is 4.79 Å². The van der Waals surface area contributed by atoms with Gasteiger partial charge in [0, 0.05) is 6.54 Å². The van der Waals surface area contributed by atoms with E-state index in [-0.39, 0.29) is 11.6 Å². The Kier molecular flexibility index (Phi) is 5.98. The van der Waals surface area contributed by atoms with E-state index >= 15 is 0 Å². The second-order valence-corrected chi connectivity index (χ2v) is 7.11. The summed E-state index contributed by atoms with van der Waals surface area (Å²) in [7, 11) is 0. The van der Waals surface area contributed by atoms with Gasteiger partial charge in [0.2, 0.25) is 0 Å². The molecule has 6 nitrogen and oxygen atoms in total. The normalized spacial score (nSPS) is 12.8. The molecule has 0 aliphatic carbocycles. The van der Waals surface area contributed by atoms with E-state index in [0.29, 0.717) is 10.8 Å². The molecule has 0 bridgehead atoms. The van der Waals surface area contributed by atoms with Gasteiger partial charge in [-0.15, -0.1) is 11.3 Å². The molecule has 0 fully saturated rings. The molecule has 0 aliphatic heterocycles. The van der Waals surface area contributed by atoms with Gasteiger partial charge in [0.15, 0.2) is 6.04 Å². The van der Waals surface area contributed by atoms with Gasteiger partial charge in [-0.1, -0.05) is 18.5 Å². The second kappa shape index (κ2) is 7.09. The summed E-state index contributed by atoms with van der Waals surface area (Å²) in [4.78, 5) is 29.0. The minimum Gasteiger partial charge on any atom is -0.479 e. The summed E-state index contributed by atoms with van der Waals surface area (Å²) >= 11 is 6.84. The van der Waals surface area contributed by atoms with Crippen LogP contribution in [0.1, 0.15) is 45.2 Å². The molecule has 1 amide bonds. The number of hydrogen-bond acceptors (Lipinski definition) is 5. The summed E-state index contributed by atoms with van der Waals surface area (Å²) in [6, 6.07) is -1.20. The highest BCUT2D eigenvalue weighted by Gasteiger charge is 2.35. The van der Waals surface area contributed by atoms with Gasteiger partial charge in [-0.3, -0.25) is 4.90 Å². The highest BCUT2D eigenvalue weighted by atomic mass is 35.5. The van der Waals surface area contributed by atoms with Crippen molar-refractivity contribution in [2.24, 2.45) is 0 Å². The van der Waals surface area contributed by atoms with Crippen LogP contribution in [0.3, 0.4) is 0 Å². The number of aromatic nitrogens is 1. The minimum absolute atomic E-state index is 0.253. The molecule has 0 spiro atoms. The van der Waals surface area contributed by atoms with Crippen molar-refractivity contribution in [1.82, 2.24) is 9.88 Å². The molecule has 0 aliphatic rings. The molecule has 21 heavy (non-hydrogen) atoms. The summed E-state index contributed by atoms with van der Waals surface area (Å²) in [6.07, 6.45) is 1.29. The zero-order chi connectivity index (χ0) is 16.2. The van der Waals surface area contributed by atoms with Crippen LogP contribution in [0.25, 0.3) is 0 Å². The molecule has 1 rings (SSSR count). The van der Waals surface area contributed by atoms with Crippen LogP contribution in [0, 0.1) is 0 Å². The van der Waals surface area contributed by atoms with Crippen LogP contribution in [0.5, 0.6) is 0 Å². The summed E-state index contributed by atoms with van der Waals surface area (Å²) < 4.78 is 5.65. The van der Waals surface area contributed by atoms with Crippen molar-refractivity contribution in [2.45, 2.75) is 45.8 Å². The monoisotopic (exact) mass is 334 g/mol. The Balaban J connectivity index is 3.09. The fourth-order valence-electron chi connectivity index (χ4n) is 1.65. The lowest BCUT2D eigenvalue weighted by molar-refractivity contribution is -0.143. The van der Waals surface area contributed by atoms with Gasteiger partial charge in [-0.05, 0) is 27.2 Å². The Morgan fingerprint density at radius 1 is 1.52 bits per heavy atom. The Morgan fingerprint density at radius 2 is 2.14 bits per heavy atom. The maximum absolute atomic E-state index is 12.3. The van der Waals surface area contributed by atoms with E-state index in [0.717, 1.165) is 11.3 Å². The largest absolute Gasteiger partial charge is 0.479 e. The third-order valence-corrected chi connectivity index (χ3v) is 3.53. The lowest BCUT2D eigenvalue weighted by Gasteiger charge is -2.30. The second-order valence-electron chi connectivity index (χ2n) is 5.42. The van der Waals surface area contributed by atoms with Crippen molar-refractivity contribution in [1.29, 1.82) is 0 Å². The first-order valence-electron chi connectivity index (χ1n) is 6.49. The standard InChI is InChI=1S/C13H19ClN2O4S/c1-5-6-16(12(19)20-13(2,3)4)9(11(17)18)10-15-7-8(14)21-10/h7,9H,5-6H2,1-4H3,(H,17,18). The highest BCUT2D eigenvalue weighted by molar-refractivity contribution is 7.16. The molecule has 0 saturated heterocycles. The van der Waals surface area contributed by atoms with Crippen LogP contribution in [0.15, 0.2) is 6.20 Å². The van der Waals surface area contributed by atoms with E-state index in [2.05, 4.69) is 4.98 Å². The predicted octanol–water partition coefficient (Wildman–Crippen LogP) is 3.57. The number of thiazole rings is 1. The molecular weight excluding hydrogens is 316 g/mol. The van der Waals surface area contributed by atoms with E-state index in [1.54, 1.807) is 20.8 Å². The number of hydrogen-bond donors (Lipinski definition) is 1. The first-order valence-corrected chi connectivity index (χ1v) is 7.68. The van der Waals surface area contributed by atoms with Crippen LogP contribution in [0.2, 0.25) is 4.34 Å². The van der Waals surface area contributed by atoms with Crippen LogP contribution >= 0.6 is 22.9 Å². The van der Waals surface area contributed by atoms with Crippen molar-refractivity contribution in [2.75, 3.05) is 6.54 Å². The van der Waals surface area contributed by atoms with Crippen molar-refractivity contribution in [3.05, 3.63) is 15.5 Å². The number of carbonyl (C=O) groups is 2. The Morgan fingerprint density at radius 3 is 2.52 bits per heavy atom. The smallest absolute Gasteiger partial charge is 0.411 e. The average Bonchev–Trinajstić information content (AvgIpc) is 2.72. The molecule has 1 aromatic heterocycles. The van der Waals surface area contributed by atoms with E-state index in [1.807, 2.05) is 6.92 Å². The van der Waals surface area contributed by atoms with E-state index < -0.39 is 23.7 Å². The molecular formula is C13H19ClN2O4S. The number of carbonyl (C=O) groups excluding carboxylic acids is 1. The van der Waals surface area contributed by atoms with Gasteiger partial charge in [-0.25, -0.2) is 14.6 Å². The van der Waals surface area contributed by atoms with Crippen molar-refractivity contribution < 1.29 is 19.4 Å². The lowest BCUT2D eigenvalue weighted by Crippen LogP contribution is -2.42. The highest BCUT2D eigenvalue weighted by Crippen LogP contribution is 2.29. The summed E-state index contributed by atoms with van der Waals surface area (Å²) in [6.45, 7) is 7.29. The van der Waals surface area contributed by atoms with E-state index in [1.165, 1.54) is 11.1 Å². The van der Waals surface area contributed by atoms with Crippen LogP contribution < -0.4 is 0 Å². The summed E-state index contributed by atoms with van der Waals surface area (Å²) in [5.74, 6) is -1.17. The number of ether oxygens (including phenoxy) is 1. The van der Waals surface area contributed by atoms with Gasteiger partial charge >= 0.3 is 12.1 Å². The predicted molar refractivity (Wildman–Crippen MR) is 80.7 cm³/mol. The molecule has 8 heteroatoms. The number of rotatable bonds is 5. The number of carboxylic acids is 1. The Bertz CT molecular complexity index is 513. The molecule has 1 aromatic rings. The van der Waals surface area contributed by atoms with Crippen molar-refractivity contribution in [3.8, 4) is 0 Å².